The number of hydrogen-bond donors (Lipinski definition) is 3. The quantitative estimate of drug-likeness (QED) is 0.247. The van der Waals surface area contributed by atoms with Crippen LogP contribution in [0.5, 0.6) is 5.75 Å². The highest BCUT2D eigenvalue weighted by Crippen LogP contribution is 2.32. The van der Waals surface area contributed by atoms with Gasteiger partial charge >= 0.3 is 6.18 Å². The lowest BCUT2D eigenvalue weighted by molar-refractivity contribution is -0.137. The lowest BCUT2D eigenvalue weighted by Crippen LogP contribution is -2.51. The summed E-state index contributed by atoms with van der Waals surface area (Å²) in [5.74, 6) is -2.38. The third-order valence-corrected chi connectivity index (χ3v) is 8.34. The van der Waals surface area contributed by atoms with E-state index in [1.165, 1.54) is 40.8 Å². The molecule has 2 saturated heterocycles. The van der Waals surface area contributed by atoms with Crippen molar-refractivity contribution in [3.63, 3.8) is 0 Å². The molecule has 2 aliphatic rings. The van der Waals surface area contributed by atoms with E-state index >= 15 is 0 Å². The second-order valence-corrected chi connectivity index (χ2v) is 11.6. The molecule has 0 bridgehead atoms. The van der Waals surface area contributed by atoms with Gasteiger partial charge in [-0.15, -0.1) is 5.10 Å². The average Bonchev–Trinajstić information content (AvgIpc) is 3.51. The number of aromatic hydroxyl groups is 1. The Labute approximate surface area is 276 Å². The van der Waals surface area contributed by atoms with E-state index in [-0.39, 0.29) is 78.6 Å². The molecule has 3 aromatic heterocycles. The van der Waals surface area contributed by atoms with Crippen LogP contribution in [0.15, 0.2) is 41.3 Å². The van der Waals surface area contributed by atoms with Crippen molar-refractivity contribution in [2.45, 2.75) is 39.0 Å². The zero-order chi connectivity index (χ0) is 35.0. The van der Waals surface area contributed by atoms with Gasteiger partial charge in [0, 0.05) is 38.1 Å². The van der Waals surface area contributed by atoms with Crippen LogP contribution < -0.4 is 21.1 Å². The number of fused-ring (bicyclic) bond motifs is 1. The van der Waals surface area contributed by atoms with E-state index in [1.54, 1.807) is 11.8 Å². The van der Waals surface area contributed by atoms with Crippen molar-refractivity contribution in [2.75, 3.05) is 49.6 Å². The zero-order valence-corrected chi connectivity index (χ0v) is 26.5. The van der Waals surface area contributed by atoms with Crippen molar-refractivity contribution in [1.82, 2.24) is 34.4 Å². The predicted molar refractivity (Wildman–Crippen MR) is 168 cm³/mol. The van der Waals surface area contributed by atoms with Crippen LogP contribution in [0.1, 0.15) is 44.9 Å². The Balaban J connectivity index is 1.34. The van der Waals surface area contributed by atoms with Gasteiger partial charge in [0.25, 0.3) is 17.4 Å². The summed E-state index contributed by atoms with van der Waals surface area (Å²) in [7, 11) is 0. The van der Waals surface area contributed by atoms with Crippen LogP contribution in [0.3, 0.4) is 0 Å². The molecule has 0 unspecified atom stereocenters. The van der Waals surface area contributed by atoms with Crippen LogP contribution >= 0.6 is 0 Å². The van der Waals surface area contributed by atoms with Crippen molar-refractivity contribution in [3.8, 4) is 5.75 Å². The molecule has 3 amide bonds. The van der Waals surface area contributed by atoms with E-state index in [0.29, 0.717) is 18.9 Å². The molecule has 3 N–H and O–H groups in total. The Hall–Kier alpha value is -5.52. The van der Waals surface area contributed by atoms with Gasteiger partial charge in [-0.2, -0.15) is 22.7 Å². The number of nitrogens with zero attached hydrogens (tertiary/aromatic N) is 7. The molecule has 6 rings (SSSR count). The first-order chi connectivity index (χ1) is 23.3. The number of alkyl halides is 3. The van der Waals surface area contributed by atoms with Gasteiger partial charge in [0.15, 0.2) is 5.69 Å². The van der Waals surface area contributed by atoms with E-state index in [9.17, 15) is 37.5 Å². The summed E-state index contributed by atoms with van der Waals surface area (Å²) in [4.78, 5) is 65.1. The molecule has 15 nitrogen and oxygen atoms in total. The molecule has 5 heterocycles. The number of rotatable bonds is 8. The molecule has 0 radical (unpaired) electrons. The van der Waals surface area contributed by atoms with Crippen LogP contribution in [0.25, 0.3) is 5.78 Å². The van der Waals surface area contributed by atoms with Gasteiger partial charge in [0.05, 0.1) is 30.5 Å². The number of aromatic nitrogens is 5. The van der Waals surface area contributed by atoms with Gasteiger partial charge in [-0.3, -0.25) is 19.2 Å². The minimum absolute atomic E-state index is 0.0839. The second kappa shape index (κ2) is 13.2. The number of amides is 3. The molecular formula is C31H32F3N9O6. The van der Waals surface area contributed by atoms with Crippen LogP contribution in [0.2, 0.25) is 0 Å². The van der Waals surface area contributed by atoms with Gasteiger partial charge in [-0.25, -0.2) is 4.98 Å². The molecule has 0 saturated carbocycles. The molecular weight excluding hydrogens is 651 g/mol. The van der Waals surface area contributed by atoms with E-state index in [2.05, 4.69) is 25.7 Å². The number of ether oxygens (including phenoxy) is 1. The van der Waals surface area contributed by atoms with Crippen LogP contribution in [-0.2, 0) is 28.7 Å². The third-order valence-electron chi connectivity index (χ3n) is 8.34. The fourth-order valence-electron chi connectivity index (χ4n) is 5.75. The number of anilines is 2. The molecule has 4 aromatic rings. The van der Waals surface area contributed by atoms with Gasteiger partial charge in [0.1, 0.15) is 18.0 Å². The van der Waals surface area contributed by atoms with Crippen molar-refractivity contribution < 1.29 is 37.4 Å². The van der Waals surface area contributed by atoms with E-state index in [0.717, 1.165) is 16.6 Å². The molecule has 18 heteroatoms. The largest absolute Gasteiger partial charge is 0.505 e. The maximum atomic E-state index is 14.0. The first kappa shape index (κ1) is 33.4. The van der Waals surface area contributed by atoms with E-state index in [4.69, 9.17) is 4.74 Å². The number of halogens is 3. The molecule has 258 valence electrons. The summed E-state index contributed by atoms with van der Waals surface area (Å²) in [5.41, 5.74) is -0.608. The molecule has 0 atom stereocenters. The molecule has 0 spiro atoms. The van der Waals surface area contributed by atoms with Crippen LogP contribution in [0, 0.1) is 6.92 Å². The SMILES string of the molecule is CCc1c(N2CCN(C(=O)c3ncccc3O)CC2)c(=O)n2nc(C(=O)NC3COC3)nc2n1CC(=O)Nc1ccc(C(F)(F)F)cc1C. The van der Waals surface area contributed by atoms with E-state index in [1.807, 2.05) is 0 Å². The maximum absolute atomic E-state index is 14.0. The Morgan fingerprint density at radius 1 is 1.10 bits per heavy atom. The lowest BCUT2D eigenvalue weighted by atomic mass is 10.1. The highest BCUT2D eigenvalue weighted by Gasteiger charge is 2.32. The maximum Gasteiger partial charge on any atom is 0.416 e. The molecule has 0 aliphatic carbocycles. The topological polar surface area (TPSA) is 176 Å². The number of hydrogen-bond acceptors (Lipinski definition) is 10. The molecule has 1 aromatic carbocycles. The van der Waals surface area contributed by atoms with Crippen LogP contribution in [-0.4, -0.2) is 97.3 Å². The van der Waals surface area contributed by atoms with Crippen LogP contribution in [0.4, 0.5) is 24.5 Å². The normalized spacial score (nSPS) is 15.3. The van der Waals surface area contributed by atoms with Crippen molar-refractivity contribution in [3.05, 3.63) is 75.2 Å². The number of aryl methyl sites for hydroxylation is 1. The van der Waals surface area contributed by atoms with Gasteiger partial charge in [-0.1, -0.05) is 6.92 Å². The highest BCUT2D eigenvalue weighted by molar-refractivity contribution is 5.95. The van der Waals surface area contributed by atoms with Gasteiger partial charge in [0.2, 0.25) is 17.5 Å². The predicted octanol–water partition coefficient (Wildman–Crippen LogP) is 1.61. The minimum Gasteiger partial charge on any atom is -0.505 e. The smallest absolute Gasteiger partial charge is 0.416 e. The van der Waals surface area contributed by atoms with Gasteiger partial charge in [-0.05, 0) is 49.2 Å². The summed E-state index contributed by atoms with van der Waals surface area (Å²) >= 11 is 0. The molecule has 2 fully saturated rings. The third kappa shape index (κ3) is 6.63. The Kier molecular flexibility index (Phi) is 8.98. The number of carbonyl (C=O) groups excluding carboxylic acids is 3. The van der Waals surface area contributed by atoms with Crippen molar-refractivity contribution in [1.29, 1.82) is 0 Å². The first-order valence-electron chi connectivity index (χ1n) is 15.4. The Morgan fingerprint density at radius 3 is 2.45 bits per heavy atom. The fourth-order valence-corrected chi connectivity index (χ4v) is 5.75. The number of nitrogens with one attached hydrogen (secondary N) is 2. The summed E-state index contributed by atoms with van der Waals surface area (Å²) in [5, 5.41) is 19.7. The summed E-state index contributed by atoms with van der Waals surface area (Å²) in [6.45, 7) is 4.17. The Morgan fingerprint density at radius 2 is 1.84 bits per heavy atom. The summed E-state index contributed by atoms with van der Waals surface area (Å²) < 4.78 is 47.1. The van der Waals surface area contributed by atoms with E-state index < -0.39 is 41.6 Å². The molecule has 2 aliphatic heterocycles. The summed E-state index contributed by atoms with van der Waals surface area (Å²) in [6, 6.07) is 5.58. The minimum atomic E-state index is -4.55. The summed E-state index contributed by atoms with van der Waals surface area (Å²) in [6.07, 6.45) is -2.91. The average molecular weight is 684 g/mol. The Bertz CT molecular complexity index is 2000. The highest BCUT2D eigenvalue weighted by atomic mass is 19.4. The second-order valence-electron chi connectivity index (χ2n) is 11.6. The lowest BCUT2D eigenvalue weighted by Gasteiger charge is -2.36. The van der Waals surface area contributed by atoms with Crippen molar-refractivity contribution in [2.24, 2.45) is 0 Å². The molecule has 49 heavy (non-hydrogen) atoms. The number of piperazine rings is 1. The number of pyridine rings is 1. The number of benzene rings is 1. The number of carbonyl (C=O) groups is 3. The monoisotopic (exact) mass is 683 g/mol. The standard InChI is InChI=1S/C31H32F3N9O6/c1-3-21-25(40-9-11-41(12-10-40)28(47)24-22(44)5-4-8-35-24)29(48)43-30(38-26(39-43)27(46)36-19-15-49-16-19)42(21)14-23(45)37-20-7-6-18(13-17(20)2)31(32,33)34/h4-8,13,19,44H,3,9-12,14-16H2,1-2H3,(H,36,46)(H,37,45). The fraction of sp³-hybridized carbons (Fsp3) is 0.387. The zero-order valence-electron chi connectivity index (χ0n) is 26.5. The first-order valence-corrected chi connectivity index (χ1v) is 15.4. The van der Waals surface area contributed by atoms with Gasteiger partial charge < -0.3 is 34.8 Å². The van der Waals surface area contributed by atoms with Crippen molar-refractivity contribution >= 4 is 34.9 Å².